The third-order valence-electron chi connectivity index (χ3n) is 2.86. The molecule has 2 rings (SSSR count). The number of anilines is 1. The Labute approximate surface area is 124 Å². The molecule has 0 spiro atoms. The standard InChI is InChI=1S/C15H19N5O/c1-15(2,3)20-11-13(18-19-20)10-17-12-4-6-14(7-5-12)21-9-8-16/h4-7,11,17H,9-10H2,1-3H3. The van der Waals surface area contributed by atoms with Crippen LogP contribution in [0.4, 0.5) is 5.69 Å². The van der Waals surface area contributed by atoms with Crippen LogP contribution in [-0.4, -0.2) is 21.6 Å². The minimum atomic E-state index is -0.0645. The molecule has 0 atom stereocenters. The molecule has 21 heavy (non-hydrogen) atoms. The van der Waals surface area contributed by atoms with Crippen LogP contribution in [0.5, 0.6) is 5.75 Å². The highest BCUT2D eigenvalue weighted by atomic mass is 16.5. The van der Waals surface area contributed by atoms with Gasteiger partial charge in [-0.3, -0.25) is 0 Å². The average molecular weight is 285 g/mol. The van der Waals surface area contributed by atoms with E-state index in [0.29, 0.717) is 12.3 Å². The van der Waals surface area contributed by atoms with Crippen LogP contribution in [0.2, 0.25) is 0 Å². The van der Waals surface area contributed by atoms with E-state index in [0.717, 1.165) is 11.4 Å². The van der Waals surface area contributed by atoms with Crippen LogP contribution >= 0.6 is 0 Å². The first-order chi connectivity index (χ1) is 9.99. The molecule has 1 heterocycles. The second kappa shape index (κ2) is 6.27. The summed E-state index contributed by atoms with van der Waals surface area (Å²) in [5.74, 6) is 0.681. The van der Waals surface area contributed by atoms with Crippen molar-refractivity contribution in [2.24, 2.45) is 0 Å². The van der Waals surface area contributed by atoms with Crippen LogP contribution < -0.4 is 10.1 Å². The summed E-state index contributed by atoms with van der Waals surface area (Å²) >= 11 is 0. The van der Waals surface area contributed by atoms with Gasteiger partial charge in [-0.15, -0.1) is 5.10 Å². The average Bonchev–Trinajstić information content (AvgIpc) is 2.93. The summed E-state index contributed by atoms with van der Waals surface area (Å²) in [6.07, 6.45) is 1.94. The summed E-state index contributed by atoms with van der Waals surface area (Å²) in [6.45, 7) is 6.91. The van der Waals surface area contributed by atoms with Gasteiger partial charge in [0.25, 0.3) is 0 Å². The third kappa shape index (κ3) is 4.21. The van der Waals surface area contributed by atoms with E-state index in [2.05, 4.69) is 36.4 Å². The summed E-state index contributed by atoms with van der Waals surface area (Å²) in [6, 6.07) is 9.39. The molecule has 6 nitrogen and oxygen atoms in total. The zero-order chi connectivity index (χ0) is 15.3. The highest BCUT2D eigenvalue weighted by Crippen LogP contribution is 2.16. The summed E-state index contributed by atoms with van der Waals surface area (Å²) in [7, 11) is 0. The zero-order valence-electron chi connectivity index (χ0n) is 12.5. The van der Waals surface area contributed by atoms with E-state index in [1.807, 2.05) is 41.2 Å². The van der Waals surface area contributed by atoms with Gasteiger partial charge in [-0.05, 0) is 45.0 Å². The molecule has 1 N–H and O–H groups in total. The monoisotopic (exact) mass is 285 g/mol. The van der Waals surface area contributed by atoms with Gasteiger partial charge in [0.2, 0.25) is 0 Å². The highest BCUT2D eigenvalue weighted by Gasteiger charge is 2.14. The molecule has 0 saturated carbocycles. The molecule has 0 saturated heterocycles. The molecule has 110 valence electrons. The lowest BCUT2D eigenvalue weighted by molar-refractivity contribution is 0.347. The van der Waals surface area contributed by atoms with Crippen LogP contribution in [0, 0.1) is 11.3 Å². The number of nitrogens with one attached hydrogen (secondary N) is 1. The van der Waals surface area contributed by atoms with Crippen molar-refractivity contribution in [2.45, 2.75) is 32.9 Å². The molecule has 6 heteroatoms. The molecular weight excluding hydrogens is 266 g/mol. The normalized spacial score (nSPS) is 11.0. The predicted octanol–water partition coefficient (Wildman–Crippen LogP) is 2.55. The quantitative estimate of drug-likeness (QED) is 0.913. The first-order valence-electron chi connectivity index (χ1n) is 6.74. The van der Waals surface area contributed by atoms with Crippen molar-refractivity contribution < 1.29 is 4.74 Å². The number of benzene rings is 1. The second-order valence-electron chi connectivity index (χ2n) is 5.65. The van der Waals surface area contributed by atoms with Crippen LogP contribution in [-0.2, 0) is 12.1 Å². The van der Waals surface area contributed by atoms with Gasteiger partial charge in [0.05, 0.1) is 18.3 Å². The number of nitrogens with zero attached hydrogens (tertiary/aromatic N) is 4. The van der Waals surface area contributed by atoms with E-state index in [4.69, 9.17) is 10.00 Å². The summed E-state index contributed by atoms with van der Waals surface area (Å²) in [4.78, 5) is 0. The predicted molar refractivity (Wildman–Crippen MR) is 79.9 cm³/mol. The van der Waals surface area contributed by atoms with Crippen LogP contribution in [0.1, 0.15) is 26.5 Å². The lowest BCUT2D eigenvalue weighted by atomic mass is 10.1. The summed E-state index contributed by atoms with van der Waals surface area (Å²) in [5.41, 5.74) is 1.78. The molecule has 1 aromatic carbocycles. The molecule has 0 bridgehead atoms. The number of ether oxygens (including phenoxy) is 1. The molecule has 0 fully saturated rings. The maximum Gasteiger partial charge on any atom is 0.174 e. The Kier molecular flexibility index (Phi) is 4.43. The van der Waals surface area contributed by atoms with Crippen LogP contribution in [0.25, 0.3) is 0 Å². The van der Waals surface area contributed by atoms with Crippen molar-refractivity contribution >= 4 is 5.69 Å². The first kappa shape index (κ1) is 14.9. The second-order valence-corrected chi connectivity index (χ2v) is 5.65. The Balaban J connectivity index is 1.91. The summed E-state index contributed by atoms with van der Waals surface area (Å²) < 4.78 is 7.05. The maximum absolute atomic E-state index is 8.45. The highest BCUT2D eigenvalue weighted by molar-refractivity contribution is 5.46. The molecule has 0 aliphatic heterocycles. The first-order valence-corrected chi connectivity index (χ1v) is 6.74. The Hall–Kier alpha value is -2.55. The van der Waals surface area contributed by atoms with E-state index in [1.54, 1.807) is 0 Å². The molecule has 0 aliphatic carbocycles. The third-order valence-corrected chi connectivity index (χ3v) is 2.86. The smallest absolute Gasteiger partial charge is 0.174 e. The van der Waals surface area contributed by atoms with Gasteiger partial charge < -0.3 is 10.1 Å². The topological polar surface area (TPSA) is 75.8 Å². The Bertz CT molecular complexity index is 619. The summed E-state index contributed by atoms with van der Waals surface area (Å²) in [5, 5.41) is 20.0. The number of aromatic nitrogens is 3. The zero-order valence-corrected chi connectivity index (χ0v) is 12.5. The van der Waals surface area contributed by atoms with E-state index in [9.17, 15) is 0 Å². The van der Waals surface area contributed by atoms with E-state index in [1.165, 1.54) is 0 Å². The van der Waals surface area contributed by atoms with Crippen LogP contribution in [0.3, 0.4) is 0 Å². The number of nitriles is 1. The largest absolute Gasteiger partial charge is 0.479 e. The van der Waals surface area contributed by atoms with Crippen LogP contribution in [0.15, 0.2) is 30.5 Å². The Morgan fingerprint density at radius 1 is 1.29 bits per heavy atom. The molecule has 0 amide bonds. The van der Waals surface area contributed by atoms with Gasteiger partial charge in [0, 0.05) is 5.69 Å². The van der Waals surface area contributed by atoms with Crippen molar-refractivity contribution in [1.82, 2.24) is 15.0 Å². The molecule has 2 aromatic rings. The number of rotatable bonds is 5. The SMILES string of the molecule is CC(C)(C)n1cc(CNc2ccc(OCC#N)cc2)nn1. The lowest BCUT2D eigenvalue weighted by Crippen LogP contribution is -2.22. The van der Waals surface area contributed by atoms with Crippen molar-refractivity contribution in [3.63, 3.8) is 0 Å². The van der Waals surface area contributed by atoms with Crippen molar-refractivity contribution in [1.29, 1.82) is 5.26 Å². The number of hydrogen-bond acceptors (Lipinski definition) is 5. The Morgan fingerprint density at radius 3 is 2.57 bits per heavy atom. The van der Waals surface area contributed by atoms with Gasteiger partial charge in [0.15, 0.2) is 6.61 Å². The van der Waals surface area contributed by atoms with Crippen molar-refractivity contribution in [3.8, 4) is 11.8 Å². The molecule has 1 aromatic heterocycles. The van der Waals surface area contributed by atoms with Gasteiger partial charge >= 0.3 is 0 Å². The van der Waals surface area contributed by atoms with Gasteiger partial charge in [-0.25, -0.2) is 4.68 Å². The van der Waals surface area contributed by atoms with Gasteiger partial charge in [0.1, 0.15) is 17.5 Å². The minimum absolute atomic E-state index is 0.0582. The molecule has 0 radical (unpaired) electrons. The van der Waals surface area contributed by atoms with Crippen molar-refractivity contribution in [2.75, 3.05) is 11.9 Å². The fraction of sp³-hybridized carbons (Fsp3) is 0.400. The molecule has 0 aliphatic rings. The molecule has 0 unspecified atom stereocenters. The minimum Gasteiger partial charge on any atom is -0.479 e. The molecular formula is C15H19N5O. The fourth-order valence-electron chi connectivity index (χ4n) is 1.68. The maximum atomic E-state index is 8.45. The van der Waals surface area contributed by atoms with E-state index >= 15 is 0 Å². The van der Waals surface area contributed by atoms with Gasteiger partial charge in [-0.1, -0.05) is 5.21 Å². The Morgan fingerprint density at radius 2 is 2.00 bits per heavy atom. The van der Waals surface area contributed by atoms with Gasteiger partial charge in [-0.2, -0.15) is 5.26 Å². The number of hydrogen-bond donors (Lipinski definition) is 1. The van der Waals surface area contributed by atoms with E-state index in [-0.39, 0.29) is 12.1 Å². The van der Waals surface area contributed by atoms with Crippen molar-refractivity contribution in [3.05, 3.63) is 36.2 Å². The fourth-order valence-corrected chi connectivity index (χ4v) is 1.68. The lowest BCUT2D eigenvalue weighted by Gasteiger charge is -2.17. The van der Waals surface area contributed by atoms with E-state index < -0.39 is 0 Å².